The molecule has 3 rings (SSSR count). The first-order valence-corrected chi connectivity index (χ1v) is 10.2. The van der Waals surface area contributed by atoms with E-state index in [1.807, 2.05) is 30.0 Å². The van der Waals surface area contributed by atoms with Gasteiger partial charge in [-0.2, -0.15) is 0 Å². The number of halogens is 1. The van der Waals surface area contributed by atoms with E-state index in [-0.39, 0.29) is 5.91 Å². The van der Waals surface area contributed by atoms with Crippen LogP contribution in [0, 0.1) is 0 Å². The Morgan fingerprint density at radius 3 is 2.39 bits per heavy atom. The lowest BCUT2D eigenvalue weighted by Gasteiger charge is -2.35. The molecule has 0 aromatic heterocycles. The summed E-state index contributed by atoms with van der Waals surface area (Å²) in [5, 5.41) is 0.657. The van der Waals surface area contributed by atoms with E-state index in [4.69, 9.17) is 16.3 Å². The minimum absolute atomic E-state index is 0.0666. The fourth-order valence-electron chi connectivity index (χ4n) is 3.24. The summed E-state index contributed by atoms with van der Waals surface area (Å²) in [7, 11) is 0. The summed E-state index contributed by atoms with van der Waals surface area (Å²) < 4.78 is 5.90. The second-order valence-corrected chi connectivity index (χ2v) is 7.34. The van der Waals surface area contributed by atoms with Gasteiger partial charge in [-0.1, -0.05) is 61.0 Å². The summed E-state index contributed by atoms with van der Waals surface area (Å²) in [5.74, 6) is 0.742. The molecule has 0 N–H and O–H groups in total. The van der Waals surface area contributed by atoms with Gasteiger partial charge < -0.3 is 9.64 Å². The molecule has 2 aromatic rings. The monoisotopic (exact) mass is 398 g/mol. The SMILES string of the molecule is CC[C@@H](Oc1ccc(Cl)cc1)C(=O)N1CCN(C/C=C/c2ccccc2)CC1. The molecule has 0 spiro atoms. The third kappa shape index (κ3) is 5.85. The average Bonchev–Trinajstić information content (AvgIpc) is 2.74. The minimum atomic E-state index is -0.453. The molecule has 0 bridgehead atoms. The zero-order valence-corrected chi connectivity index (χ0v) is 17.0. The minimum Gasteiger partial charge on any atom is -0.481 e. The van der Waals surface area contributed by atoms with E-state index >= 15 is 0 Å². The summed E-state index contributed by atoms with van der Waals surface area (Å²) in [6.45, 7) is 6.10. The highest BCUT2D eigenvalue weighted by atomic mass is 35.5. The molecule has 1 amide bonds. The summed E-state index contributed by atoms with van der Waals surface area (Å²) in [6, 6.07) is 17.4. The van der Waals surface area contributed by atoms with Crippen molar-refractivity contribution in [2.45, 2.75) is 19.4 Å². The third-order valence-corrected chi connectivity index (χ3v) is 5.15. The van der Waals surface area contributed by atoms with Crippen molar-refractivity contribution in [3.63, 3.8) is 0 Å². The molecule has 1 aliphatic heterocycles. The number of nitrogens with zero attached hydrogens (tertiary/aromatic N) is 2. The number of benzene rings is 2. The second-order valence-electron chi connectivity index (χ2n) is 6.91. The van der Waals surface area contributed by atoms with E-state index in [9.17, 15) is 4.79 Å². The first-order valence-electron chi connectivity index (χ1n) is 9.80. The second kappa shape index (κ2) is 10.3. The predicted octanol–water partition coefficient (Wildman–Crippen LogP) is 4.36. The van der Waals surface area contributed by atoms with Crippen molar-refractivity contribution in [1.29, 1.82) is 0 Å². The van der Waals surface area contributed by atoms with E-state index in [1.54, 1.807) is 24.3 Å². The lowest BCUT2D eigenvalue weighted by molar-refractivity contribution is -0.140. The fourth-order valence-corrected chi connectivity index (χ4v) is 3.37. The summed E-state index contributed by atoms with van der Waals surface area (Å²) in [4.78, 5) is 17.1. The van der Waals surface area contributed by atoms with Gasteiger partial charge >= 0.3 is 0 Å². The Labute approximate surface area is 172 Å². The number of rotatable bonds is 7. The van der Waals surface area contributed by atoms with Gasteiger partial charge in [-0.15, -0.1) is 0 Å². The molecule has 0 aliphatic carbocycles. The number of hydrogen-bond acceptors (Lipinski definition) is 3. The molecule has 2 aromatic carbocycles. The van der Waals surface area contributed by atoms with Crippen LogP contribution in [0.5, 0.6) is 5.75 Å². The normalized spacial score (nSPS) is 16.3. The van der Waals surface area contributed by atoms with Crippen LogP contribution in [0.1, 0.15) is 18.9 Å². The van der Waals surface area contributed by atoms with Crippen molar-refractivity contribution in [3.05, 3.63) is 71.3 Å². The van der Waals surface area contributed by atoms with E-state index in [1.165, 1.54) is 5.56 Å². The van der Waals surface area contributed by atoms with Crippen LogP contribution in [0.2, 0.25) is 5.02 Å². The standard InChI is InChI=1S/C23H27ClN2O2/c1-2-22(28-21-12-10-20(24)11-13-21)23(27)26-17-15-25(16-18-26)14-6-9-19-7-4-3-5-8-19/h3-13,22H,2,14-18H2,1H3/b9-6+/t22-/m1/s1. The van der Waals surface area contributed by atoms with Crippen molar-refractivity contribution in [2.75, 3.05) is 32.7 Å². The molecular formula is C23H27ClN2O2. The maximum absolute atomic E-state index is 12.8. The molecule has 4 nitrogen and oxygen atoms in total. The van der Waals surface area contributed by atoms with Crippen LogP contribution >= 0.6 is 11.6 Å². The topological polar surface area (TPSA) is 32.8 Å². The van der Waals surface area contributed by atoms with Gasteiger partial charge in [0.1, 0.15) is 5.75 Å². The smallest absolute Gasteiger partial charge is 0.263 e. The van der Waals surface area contributed by atoms with Gasteiger partial charge in [0.15, 0.2) is 6.10 Å². The maximum Gasteiger partial charge on any atom is 0.263 e. The Balaban J connectivity index is 1.47. The van der Waals surface area contributed by atoms with Crippen LogP contribution in [0.4, 0.5) is 0 Å². The Bertz CT molecular complexity index is 769. The highest BCUT2D eigenvalue weighted by molar-refractivity contribution is 6.30. The molecule has 148 valence electrons. The number of piperazine rings is 1. The Kier molecular flexibility index (Phi) is 7.52. The van der Waals surface area contributed by atoms with Crippen molar-refractivity contribution >= 4 is 23.6 Å². The lowest BCUT2D eigenvalue weighted by Crippen LogP contribution is -2.52. The molecule has 0 unspecified atom stereocenters. The molecule has 28 heavy (non-hydrogen) atoms. The fraction of sp³-hybridized carbons (Fsp3) is 0.348. The van der Waals surface area contributed by atoms with Gasteiger partial charge in [0.05, 0.1) is 0 Å². The Morgan fingerprint density at radius 2 is 1.75 bits per heavy atom. The molecule has 0 saturated carbocycles. The van der Waals surface area contributed by atoms with Gasteiger partial charge in [-0.05, 0) is 36.2 Å². The molecule has 1 atom stereocenters. The highest BCUT2D eigenvalue weighted by Gasteiger charge is 2.27. The number of carbonyl (C=O) groups excluding carboxylic acids is 1. The molecule has 1 heterocycles. The molecule has 1 saturated heterocycles. The van der Waals surface area contributed by atoms with Crippen molar-refractivity contribution in [2.24, 2.45) is 0 Å². The van der Waals surface area contributed by atoms with Crippen molar-refractivity contribution in [3.8, 4) is 5.75 Å². The number of ether oxygens (including phenoxy) is 1. The number of hydrogen-bond donors (Lipinski definition) is 0. The quantitative estimate of drug-likeness (QED) is 0.694. The van der Waals surface area contributed by atoms with Crippen molar-refractivity contribution in [1.82, 2.24) is 9.80 Å². The van der Waals surface area contributed by atoms with Gasteiger partial charge in [0, 0.05) is 37.7 Å². The summed E-state index contributed by atoms with van der Waals surface area (Å²) >= 11 is 5.91. The van der Waals surface area contributed by atoms with Gasteiger partial charge in [0.2, 0.25) is 0 Å². The average molecular weight is 399 g/mol. The van der Waals surface area contributed by atoms with Gasteiger partial charge in [0.25, 0.3) is 5.91 Å². The first kappa shape index (κ1) is 20.4. The van der Waals surface area contributed by atoms with E-state index < -0.39 is 6.10 Å². The summed E-state index contributed by atoms with van der Waals surface area (Å²) in [6.07, 6.45) is 4.52. The zero-order chi connectivity index (χ0) is 19.8. The van der Waals surface area contributed by atoms with Crippen LogP contribution in [-0.4, -0.2) is 54.5 Å². The molecular weight excluding hydrogens is 372 g/mol. The Hall–Kier alpha value is -2.30. The molecule has 1 fully saturated rings. The van der Waals surface area contributed by atoms with Gasteiger partial charge in [-0.3, -0.25) is 9.69 Å². The van der Waals surface area contributed by atoms with Crippen LogP contribution in [0.15, 0.2) is 60.7 Å². The van der Waals surface area contributed by atoms with Crippen LogP contribution < -0.4 is 4.74 Å². The third-order valence-electron chi connectivity index (χ3n) is 4.90. The number of amides is 1. The van der Waals surface area contributed by atoms with Crippen molar-refractivity contribution < 1.29 is 9.53 Å². The van der Waals surface area contributed by atoms with Crippen LogP contribution in [-0.2, 0) is 4.79 Å². The number of carbonyl (C=O) groups is 1. The largest absolute Gasteiger partial charge is 0.481 e. The summed E-state index contributed by atoms with van der Waals surface area (Å²) in [5.41, 5.74) is 1.21. The van der Waals surface area contributed by atoms with Crippen LogP contribution in [0.3, 0.4) is 0 Å². The molecule has 0 radical (unpaired) electrons. The molecule has 5 heteroatoms. The first-order chi connectivity index (χ1) is 13.7. The maximum atomic E-state index is 12.8. The van der Waals surface area contributed by atoms with Crippen LogP contribution in [0.25, 0.3) is 6.08 Å². The van der Waals surface area contributed by atoms with E-state index in [2.05, 4.69) is 29.2 Å². The van der Waals surface area contributed by atoms with E-state index in [0.717, 1.165) is 32.7 Å². The zero-order valence-electron chi connectivity index (χ0n) is 16.3. The lowest BCUT2D eigenvalue weighted by atomic mass is 10.2. The predicted molar refractivity (Wildman–Crippen MR) is 115 cm³/mol. The highest BCUT2D eigenvalue weighted by Crippen LogP contribution is 2.19. The Morgan fingerprint density at radius 1 is 1.07 bits per heavy atom. The van der Waals surface area contributed by atoms with E-state index in [0.29, 0.717) is 17.2 Å². The molecule has 1 aliphatic rings. The van der Waals surface area contributed by atoms with Gasteiger partial charge in [-0.25, -0.2) is 0 Å².